The van der Waals surface area contributed by atoms with Crippen molar-refractivity contribution < 1.29 is 24.5 Å². The number of hydrogen-bond donors (Lipinski definition) is 2. The molecule has 2 N–H and O–H groups in total. The normalized spacial score (nSPS) is 23.5. The summed E-state index contributed by atoms with van der Waals surface area (Å²) in [5.74, 6) is -0.236. The lowest BCUT2D eigenvalue weighted by molar-refractivity contribution is -0.0821. The highest BCUT2D eigenvalue weighted by Crippen LogP contribution is 2.59. The Kier molecular flexibility index (Phi) is 11.2. The molecule has 1 amide bonds. The number of fused-ring (bicyclic) bond motifs is 8. The molecule has 266 valence electrons. The van der Waals surface area contributed by atoms with E-state index in [4.69, 9.17) is 4.74 Å². The summed E-state index contributed by atoms with van der Waals surface area (Å²) in [5, 5.41) is 24.0. The van der Waals surface area contributed by atoms with E-state index in [9.17, 15) is 19.8 Å². The smallest absolute Gasteiger partial charge is 0.410 e. The van der Waals surface area contributed by atoms with E-state index < -0.39 is 23.2 Å². The van der Waals surface area contributed by atoms with Crippen LogP contribution in [0.2, 0.25) is 0 Å². The summed E-state index contributed by atoms with van der Waals surface area (Å²) in [6.07, 6.45) is 5.62. The third-order valence-electron chi connectivity index (χ3n) is 11.4. The zero-order chi connectivity index (χ0) is 36.0. The molecular formula is C45H51NO5. The molecule has 0 heterocycles. The van der Waals surface area contributed by atoms with Crippen LogP contribution in [-0.4, -0.2) is 51.8 Å². The molecule has 7 rings (SSSR count). The number of ether oxygens (including phenoxy) is 1. The molecule has 51 heavy (non-hydrogen) atoms. The zero-order valence-electron chi connectivity index (χ0n) is 30.2. The highest BCUT2D eigenvalue weighted by atomic mass is 16.6. The lowest BCUT2D eigenvalue weighted by Gasteiger charge is -2.46. The summed E-state index contributed by atoms with van der Waals surface area (Å²) < 4.78 is 5.53. The molecule has 1 saturated carbocycles. The first-order chi connectivity index (χ1) is 24.6. The molecule has 4 atom stereocenters. The largest absolute Gasteiger partial charge is 0.450 e. The summed E-state index contributed by atoms with van der Waals surface area (Å²) in [6.45, 7) is 6.72. The first-order valence-electron chi connectivity index (χ1n) is 18.5. The van der Waals surface area contributed by atoms with Crippen molar-refractivity contribution in [1.29, 1.82) is 0 Å². The van der Waals surface area contributed by atoms with E-state index in [1.807, 2.05) is 97.1 Å². The number of benzene rings is 4. The summed E-state index contributed by atoms with van der Waals surface area (Å²) in [4.78, 5) is 30.0. The maximum atomic E-state index is 14.9. The van der Waals surface area contributed by atoms with Gasteiger partial charge in [0.15, 0.2) is 5.78 Å². The number of rotatable bonds is 8. The number of nitrogens with zero attached hydrogens (tertiary/aromatic N) is 1. The molecule has 0 saturated heterocycles. The minimum absolute atomic E-state index is 0.0707. The van der Waals surface area contributed by atoms with E-state index in [2.05, 4.69) is 26.0 Å². The van der Waals surface area contributed by atoms with Crippen LogP contribution in [0, 0.1) is 5.41 Å². The van der Waals surface area contributed by atoms with Crippen molar-refractivity contribution in [2.24, 2.45) is 5.41 Å². The fraction of sp³-hybridized carbons (Fsp3) is 0.378. The molecule has 1 fully saturated rings. The van der Waals surface area contributed by atoms with Gasteiger partial charge in [-0.25, -0.2) is 4.79 Å². The average Bonchev–Trinajstić information content (AvgIpc) is 3.39. The summed E-state index contributed by atoms with van der Waals surface area (Å²) in [6, 6.07) is 33.6. The summed E-state index contributed by atoms with van der Waals surface area (Å²) in [5.41, 5.74) is 5.11. The summed E-state index contributed by atoms with van der Waals surface area (Å²) >= 11 is 0. The topological polar surface area (TPSA) is 87.1 Å². The van der Waals surface area contributed by atoms with E-state index >= 15 is 0 Å². The van der Waals surface area contributed by atoms with Gasteiger partial charge in [0.25, 0.3) is 0 Å². The van der Waals surface area contributed by atoms with E-state index in [0.717, 1.165) is 40.7 Å². The van der Waals surface area contributed by atoms with Crippen molar-refractivity contribution in [2.45, 2.75) is 89.9 Å². The third kappa shape index (κ3) is 7.88. The molecule has 0 spiro atoms. The van der Waals surface area contributed by atoms with Crippen LogP contribution in [0.3, 0.4) is 0 Å². The number of aliphatic hydroxyl groups is 2. The fourth-order valence-electron chi connectivity index (χ4n) is 8.41. The lowest BCUT2D eigenvalue weighted by atomic mass is 9.64. The van der Waals surface area contributed by atoms with Crippen LogP contribution < -0.4 is 0 Å². The Bertz CT molecular complexity index is 1850. The van der Waals surface area contributed by atoms with Crippen molar-refractivity contribution in [1.82, 2.24) is 4.90 Å². The van der Waals surface area contributed by atoms with Crippen molar-refractivity contribution in [3.63, 3.8) is 0 Å². The number of allylic oxidation sites excluding steroid dienone is 2. The minimum atomic E-state index is -1.25. The van der Waals surface area contributed by atoms with Crippen LogP contribution in [0.15, 0.2) is 115 Å². The van der Waals surface area contributed by atoms with Gasteiger partial charge < -0.3 is 19.8 Å². The maximum absolute atomic E-state index is 14.9. The lowest BCUT2D eigenvalue weighted by Crippen LogP contribution is -2.53. The van der Waals surface area contributed by atoms with E-state index in [-0.39, 0.29) is 24.9 Å². The highest BCUT2D eigenvalue weighted by Gasteiger charge is 2.57. The Hall–Kier alpha value is -4.52. The zero-order valence-corrected chi connectivity index (χ0v) is 30.2. The van der Waals surface area contributed by atoms with Crippen molar-refractivity contribution in [2.75, 3.05) is 13.2 Å². The van der Waals surface area contributed by atoms with Crippen LogP contribution >= 0.6 is 0 Å². The van der Waals surface area contributed by atoms with Gasteiger partial charge in [-0.1, -0.05) is 116 Å². The number of carbonyl (C=O) groups excluding carboxylic acids is 2. The second-order valence-electron chi connectivity index (χ2n) is 14.7. The van der Waals surface area contributed by atoms with Crippen molar-refractivity contribution >= 4 is 11.9 Å². The van der Waals surface area contributed by atoms with Gasteiger partial charge in [0.1, 0.15) is 0 Å². The predicted molar refractivity (Wildman–Crippen MR) is 203 cm³/mol. The van der Waals surface area contributed by atoms with Crippen LogP contribution in [0.4, 0.5) is 4.79 Å². The number of amides is 1. The third-order valence-corrected chi connectivity index (χ3v) is 11.4. The number of aliphatic hydroxyl groups excluding tert-OH is 1. The number of carbonyl (C=O) groups is 2. The van der Waals surface area contributed by atoms with E-state index in [1.165, 1.54) is 5.57 Å². The summed E-state index contributed by atoms with van der Waals surface area (Å²) in [7, 11) is 0. The Morgan fingerprint density at radius 2 is 1.59 bits per heavy atom. The number of hydrogen-bond acceptors (Lipinski definition) is 5. The molecule has 0 radical (unpaired) electrons. The standard InChI is InChI=1S/C45H51NO5/c1-4-51-43(49)46(30-33-15-7-5-8-16-33)31-45(50)27-25-41-38-24-22-34(28-36(47)23-21-32(2)14-13-26-44(41,45)3)29-40(38)42(48)39-20-12-11-19-37(39)35-17-9-6-10-18-35/h5-12,14-20,22,24,29,36,41,47,50H,4,13,21,23,25-28,30-31H2,1-3H3. The van der Waals surface area contributed by atoms with Gasteiger partial charge in [-0.2, -0.15) is 0 Å². The maximum Gasteiger partial charge on any atom is 0.410 e. The monoisotopic (exact) mass is 685 g/mol. The Morgan fingerprint density at radius 1 is 0.882 bits per heavy atom. The molecule has 4 aromatic rings. The Balaban J connectivity index is 1.46. The molecule has 6 heteroatoms. The van der Waals surface area contributed by atoms with Crippen molar-refractivity contribution in [3.05, 3.63) is 143 Å². The van der Waals surface area contributed by atoms with Crippen molar-refractivity contribution in [3.8, 4) is 11.1 Å². The SMILES string of the molecule is CCOC(=O)N(Cc1ccccc1)CC1(O)CCC2c3ccc(cc3C(=O)c3ccccc3-c3ccccc3)CC(O)CCC(C)=CCCC21C. The second-order valence-corrected chi connectivity index (χ2v) is 14.7. The molecular weight excluding hydrogens is 634 g/mol. The highest BCUT2D eigenvalue weighted by molar-refractivity contribution is 6.13. The van der Waals surface area contributed by atoms with Gasteiger partial charge in [0, 0.05) is 23.1 Å². The van der Waals surface area contributed by atoms with Crippen LogP contribution in [-0.2, 0) is 17.7 Å². The molecule has 2 bridgehead atoms. The van der Waals surface area contributed by atoms with Gasteiger partial charge in [-0.3, -0.25) is 4.79 Å². The Labute approximate surface area is 302 Å². The molecule has 6 nitrogen and oxygen atoms in total. The van der Waals surface area contributed by atoms with Crippen LogP contribution in [0.5, 0.6) is 0 Å². The minimum Gasteiger partial charge on any atom is -0.450 e. The fourth-order valence-corrected chi connectivity index (χ4v) is 8.41. The molecule has 0 aliphatic heterocycles. The van der Waals surface area contributed by atoms with Gasteiger partial charge in [0.05, 0.1) is 24.9 Å². The quantitative estimate of drug-likeness (QED) is 0.143. The molecule has 3 aliphatic rings. The predicted octanol–water partition coefficient (Wildman–Crippen LogP) is 9.28. The van der Waals surface area contributed by atoms with Gasteiger partial charge in [0.2, 0.25) is 0 Å². The van der Waals surface area contributed by atoms with Gasteiger partial charge >= 0.3 is 6.09 Å². The molecule has 4 unspecified atom stereocenters. The van der Waals surface area contributed by atoms with Gasteiger partial charge in [-0.05, 0) is 98.6 Å². The van der Waals surface area contributed by atoms with Crippen LogP contribution in [0.25, 0.3) is 11.1 Å². The first kappa shape index (κ1) is 36.3. The van der Waals surface area contributed by atoms with Crippen LogP contribution in [0.1, 0.15) is 97.8 Å². The average molecular weight is 686 g/mol. The number of ketones is 1. The Morgan fingerprint density at radius 3 is 2.33 bits per heavy atom. The molecule has 3 aliphatic carbocycles. The first-order valence-corrected chi connectivity index (χ1v) is 18.5. The van der Waals surface area contributed by atoms with Gasteiger partial charge in [-0.15, -0.1) is 0 Å². The van der Waals surface area contributed by atoms with E-state index in [0.29, 0.717) is 49.8 Å². The molecule has 0 aromatic heterocycles. The molecule has 4 aromatic carbocycles. The second kappa shape index (κ2) is 15.8. The van der Waals surface area contributed by atoms with E-state index in [1.54, 1.807) is 11.8 Å².